The first-order valence-corrected chi connectivity index (χ1v) is 10.7. The molecule has 30 heavy (non-hydrogen) atoms. The van der Waals surface area contributed by atoms with Crippen LogP contribution in [0.2, 0.25) is 0 Å². The Morgan fingerprint density at radius 2 is 1.87 bits per heavy atom. The second-order valence-electron chi connectivity index (χ2n) is 8.77. The molecule has 3 rings (SSSR count). The van der Waals surface area contributed by atoms with Gasteiger partial charge in [0.25, 0.3) is 0 Å². The van der Waals surface area contributed by atoms with Crippen LogP contribution in [-0.4, -0.2) is 37.3 Å². The van der Waals surface area contributed by atoms with E-state index in [1.54, 1.807) is 7.05 Å². The van der Waals surface area contributed by atoms with Crippen molar-refractivity contribution in [2.45, 2.75) is 65.0 Å². The molecule has 166 valence electrons. The summed E-state index contributed by atoms with van der Waals surface area (Å²) in [6, 6.07) is 11.5. The summed E-state index contributed by atoms with van der Waals surface area (Å²) in [5, 5.41) is 10.9. The average Bonchev–Trinajstić information content (AvgIpc) is 3.19. The average molecular weight is 525 g/mol. The molecule has 7 heteroatoms. The van der Waals surface area contributed by atoms with Crippen LogP contribution in [0.25, 0.3) is 0 Å². The third-order valence-electron chi connectivity index (χ3n) is 5.56. The van der Waals surface area contributed by atoms with E-state index in [1.807, 2.05) is 6.07 Å². The quantitative estimate of drug-likeness (QED) is 0.342. The van der Waals surface area contributed by atoms with Gasteiger partial charge in [-0.2, -0.15) is 0 Å². The number of halogens is 1. The van der Waals surface area contributed by atoms with Gasteiger partial charge in [-0.1, -0.05) is 45.0 Å². The fourth-order valence-electron chi connectivity index (χ4n) is 3.62. The van der Waals surface area contributed by atoms with Gasteiger partial charge in [0.2, 0.25) is 0 Å². The maximum atomic E-state index is 5.33. The van der Waals surface area contributed by atoms with E-state index in [4.69, 9.17) is 4.52 Å². The summed E-state index contributed by atoms with van der Waals surface area (Å²) in [5.41, 5.74) is 3.87. The topological polar surface area (TPSA) is 65.7 Å². The predicted molar refractivity (Wildman–Crippen MR) is 135 cm³/mol. The van der Waals surface area contributed by atoms with E-state index in [0.29, 0.717) is 12.6 Å². The molecule has 0 unspecified atom stereocenters. The lowest BCUT2D eigenvalue weighted by Crippen LogP contribution is -2.48. The third-order valence-corrected chi connectivity index (χ3v) is 5.56. The van der Waals surface area contributed by atoms with Gasteiger partial charge in [0.05, 0.1) is 12.2 Å². The van der Waals surface area contributed by atoms with Gasteiger partial charge >= 0.3 is 0 Å². The zero-order valence-electron chi connectivity index (χ0n) is 18.9. The number of guanidine groups is 1. The van der Waals surface area contributed by atoms with Crippen LogP contribution in [0, 0.1) is 0 Å². The summed E-state index contributed by atoms with van der Waals surface area (Å²) >= 11 is 0. The van der Waals surface area contributed by atoms with E-state index in [9.17, 15) is 0 Å². The van der Waals surface area contributed by atoms with Gasteiger partial charge in [-0.15, -0.1) is 24.0 Å². The largest absolute Gasteiger partial charge is 0.371 e. The van der Waals surface area contributed by atoms with Crippen LogP contribution in [0.4, 0.5) is 5.69 Å². The van der Waals surface area contributed by atoms with Gasteiger partial charge in [-0.25, -0.2) is 0 Å². The monoisotopic (exact) mass is 525 g/mol. The van der Waals surface area contributed by atoms with Crippen LogP contribution in [0.15, 0.2) is 39.8 Å². The summed E-state index contributed by atoms with van der Waals surface area (Å²) in [5.74, 6) is 1.64. The molecule has 0 atom stereocenters. The van der Waals surface area contributed by atoms with E-state index in [2.05, 4.69) is 77.6 Å². The maximum absolute atomic E-state index is 5.33. The first kappa shape index (κ1) is 24.5. The second kappa shape index (κ2) is 11.0. The highest BCUT2D eigenvalue weighted by atomic mass is 127. The standard InChI is InChI=1S/C23H35N5O.HI/c1-6-18-15-21(29-27-18)16-25-22(24-5)26-19-11-13-28(14-12-19)20-9-7-17(8-10-20)23(2,3)4;/h7-10,15,19H,6,11-14,16H2,1-5H3,(H2,24,25,26);1H. The van der Waals surface area contributed by atoms with Gasteiger partial charge in [0, 0.05) is 37.9 Å². The highest BCUT2D eigenvalue weighted by molar-refractivity contribution is 14.0. The minimum absolute atomic E-state index is 0. The van der Waals surface area contributed by atoms with Crippen LogP contribution in [0.1, 0.15) is 57.6 Å². The molecule has 1 aliphatic heterocycles. The first-order valence-electron chi connectivity index (χ1n) is 10.7. The van der Waals surface area contributed by atoms with Crippen LogP contribution in [-0.2, 0) is 18.4 Å². The molecule has 1 aliphatic rings. The highest BCUT2D eigenvalue weighted by Gasteiger charge is 2.21. The van der Waals surface area contributed by atoms with Gasteiger partial charge in [-0.05, 0) is 42.4 Å². The fraction of sp³-hybridized carbons (Fsp3) is 0.565. The van der Waals surface area contributed by atoms with Crippen molar-refractivity contribution in [1.29, 1.82) is 0 Å². The summed E-state index contributed by atoms with van der Waals surface area (Å²) < 4.78 is 5.33. The number of benzene rings is 1. The van der Waals surface area contributed by atoms with Gasteiger partial charge < -0.3 is 20.1 Å². The van der Waals surface area contributed by atoms with E-state index < -0.39 is 0 Å². The van der Waals surface area contributed by atoms with Gasteiger partial charge in [0.15, 0.2) is 11.7 Å². The number of aryl methyl sites for hydroxylation is 1. The molecule has 2 N–H and O–H groups in total. The Hall–Kier alpha value is -1.77. The Morgan fingerprint density at radius 3 is 2.40 bits per heavy atom. The lowest BCUT2D eigenvalue weighted by Gasteiger charge is -2.35. The number of hydrogen-bond donors (Lipinski definition) is 2. The lowest BCUT2D eigenvalue weighted by molar-refractivity contribution is 0.374. The smallest absolute Gasteiger partial charge is 0.191 e. The van der Waals surface area contributed by atoms with Crippen molar-refractivity contribution in [3.05, 3.63) is 47.3 Å². The Kier molecular flexibility index (Phi) is 9.00. The zero-order chi connectivity index (χ0) is 20.9. The van der Waals surface area contributed by atoms with Crippen molar-refractivity contribution in [3.63, 3.8) is 0 Å². The zero-order valence-corrected chi connectivity index (χ0v) is 21.2. The maximum Gasteiger partial charge on any atom is 0.191 e. The Balaban J connectivity index is 0.00000320. The minimum atomic E-state index is 0. The highest BCUT2D eigenvalue weighted by Crippen LogP contribution is 2.26. The van der Waals surface area contributed by atoms with E-state index in [-0.39, 0.29) is 29.4 Å². The third kappa shape index (κ3) is 6.62. The number of piperidine rings is 1. The summed E-state index contributed by atoms with van der Waals surface area (Å²) in [6.07, 6.45) is 3.06. The molecule has 0 radical (unpaired) electrons. The van der Waals surface area contributed by atoms with Crippen LogP contribution in [0.5, 0.6) is 0 Å². The molecule has 2 heterocycles. The molecular weight excluding hydrogens is 489 g/mol. The fourth-order valence-corrected chi connectivity index (χ4v) is 3.62. The molecule has 0 amide bonds. The number of hydrogen-bond acceptors (Lipinski definition) is 4. The lowest BCUT2D eigenvalue weighted by atomic mass is 9.87. The molecular formula is C23H36IN5O. The molecule has 1 aromatic heterocycles. The number of aliphatic imine (C=N–C) groups is 1. The number of rotatable bonds is 5. The number of nitrogens with zero attached hydrogens (tertiary/aromatic N) is 3. The van der Waals surface area contributed by atoms with Crippen molar-refractivity contribution in [1.82, 2.24) is 15.8 Å². The second-order valence-corrected chi connectivity index (χ2v) is 8.77. The predicted octanol–water partition coefficient (Wildman–Crippen LogP) is 4.49. The minimum Gasteiger partial charge on any atom is -0.371 e. The molecule has 1 fully saturated rings. The molecule has 1 saturated heterocycles. The summed E-state index contributed by atoms with van der Waals surface area (Å²) in [7, 11) is 1.80. The molecule has 0 spiro atoms. The molecule has 0 saturated carbocycles. The Bertz CT molecular complexity index is 802. The van der Waals surface area contributed by atoms with Crippen molar-refractivity contribution in [2.24, 2.45) is 4.99 Å². The van der Waals surface area contributed by atoms with Crippen LogP contribution < -0.4 is 15.5 Å². The van der Waals surface area contributed by atoms with E-state index in [1.165, 1.54) is 11.3 Å². The molecule has 1 aromatic carbocycles. The van der Waals surface area contributed by atoms with Crippen molar-refractivity contribution in [2.75, 3.05) is 25.0 Å². The van der Waals surface area contributed by atoms with Crippen LogP contribution in [0.3, 0.4) is 0 Å². The Morgan fingerprint density at radius 1 is 1.20 bits per heavy atom. The Labute approximate surface area is 197 Å². The molecule has 0 aliphatic carbocycles. The first-order chi connectivity index (χ1) is 13.9. The normalized spacial score (nSPS) is 15.6. The van der Waals surface area contributed by atoms with E-state index >= 15 is 0 Å². The van der Waals surface area contributed by atoms with E-state index in [0.717, 1.165) is 49.8 Å². The summed E-state index contributed by atoms with van der Waals surface area (Å²) in [4.78, 5) is 6.83. The van der Waals surface area contributed by atoms with Crippen molar-refractivity contribution < 1.29 is 4.52 Å². The van der Waals surface area contributed by atoms with Crippen LogP contribution >= 0.6 is 24.0 Å². The van der Waals surface area contributed by atoms with Gasteiger partial charge in [-0.3, -0.25) is 4.99 Å². The van der Waals surface area contributed by atoms with Gasteiger partial charge in [0.1, 0.15) is 0 Å². The number of aromatic nitrogens is 1. The number of anilines is 1. The number of nitrogens with one attached hydrogen (secondary N) is 2. The SMILES string of the molecule is CCc1cc(CNC(=NC)NC2CCN(c3ccc(C(C)(C)C)cc3)CC2)on1.I. The summed E-state index contributed by atoms with van der Waals surface area (Å²) in [6.45, 7) is 11.5. The van der Waals surface area contributed by atoms with Crippen molar-refractivity contribution >= 4 is 35.6 Å². The molecule has 0 bridgehead atoms. The molecule has 6 nitrogen and oxygen atoms in total. The van der Waals surface area contributed by atoms with Crippen molar-refractivity contribution in [3.8, 4) is 0 Å². The molecule has 2 aromatic rings.